The van der Waals surface area contributed by atoms with Crippen molar-refractivity contribution in [3.05, 3.63) is 63.0 Å². The number of amides is 1. The van der Waals surface area contributed by atoms with Gasteiger partial charge < -0.3 is 0 Å². The Kier molecular flexibility index (Phi) is 6.23. The van der Waals surface area contributed by atoms with E-state index in [4.69, 9.17) is 23.2 Å². The molecule has 2 aromatic rings. The predicted octanol–water partition coefficient (Wildman–Crippen LogP) is 6.46. The van der Waals surface area contributed by atoms with Gasteiger partial charge in [0.25, 0.3) is 5.91 Å². The summed E-state index contributed by atoms with van der Waals surface area (Å²) in [5.74, 6) is -0.643. The summed E-state index contributed by atoms with van der Waals surface area (Å²) in [6.07, 6.45) is 9.78. The Balaban J connectivity index is 1.76. The summed E-state index contributed by atoms with van der Waals surface area (Å²) in [5.41, 5.74) is 0.750. The molecule has 0 bridgehead atoms. The zero-order valence-electron chi connectivity index (χ0n) is 15.4. The summed E-state index contributed by atoms with van der Waals surface area (Å²) in [7, 11) is 0. The maximum atomic E-state index is 14.3. The van der Waals surface area contributed by atoms with Crippen molar-refractivity contribution in [3.63, 3.8) is 0 Å². The monoisotopic (exact) mass is 449 g/mol. The van der Waals surface area contributed by atoms with Gasteiger partial charge in [-0.25, -0.2) is 9.38 Å². The number of carbonyl (C=O) groups is 1. The molecule has 1 aromatic carbocycles. The third kappa shape index (κ3) is 4.34. The highest BCUT2D eigenvalue weighted by molar-refractivity contribution is 8.18. The first kappa shape index (κ1) is 20.4. The topological polar surface area (TPSA) is 45.6 Å². The lowest BCUT2D eigenvalue weighted by Crippen LogP contribution is -2.40. The van der Waals surface area contributed by atoms with Crippen LogP contribution >= 0.6 is 35.0 Å². The smallest absolute Gasteiger partial charge is 0.267 e. The van der Waals surface area contributed by atoms with E-state index in [1.165, 1.54) is 42.6 Å². The van der Waals surface area contributed by atoms with Crippen molar-refractivity contribution in [2.45, 2.75) is 38.1 Å². The quantitative estimate of drug-likeness (QED) is 0.504. The summed E-state index contributed by atoms with van der Waals surface area (Å²) in [4.78, 5) is 24.0. The van der Waals surface area contributed by atoms with Crippen molar-refractivity contribution in [2.24, 2.45) is 4.99 Å². The summed E-state index contributed by atoms with van der Waals surface area (Å²) in [6.45, 7) is 0. The van der Waals surface area contributed by atoms with Crippen LogP contribution in [-0.4, -0.2) is 27.0 Å². The summed E-state index contributed by atoms with van der Waals surface area (Å²) in [5, 5.41) is 1.22. The number of aliphatic imine (C=N–C) groups is 1. The van der Waals surface area contributed by atoms with Crippen molar-refractivity contribution >= 4 is 57.8 Å². The number of hydrogen-bond donors (Lipinski definition) is 0. The Morgan fingerprint density at radius 2 is 1.97 bits per heavy atom. The number of benzene rings is 1. The second kappa shape index (κ2) is 8.86. The zero-order valence-corrected chi connectivity index (χ0v) is 17.8. The first-order chi connectivity index (χ1) is 14.0. The van der Waals surface area contributed by atoms with Gasteiger partial charge in [0, 0.05) is 24.0 Å². The molecule has 0 atom stereocenters. The van der Waals surface area contributed by atoms with Crippen molar-refractivity contribution in [1.29, 1.82) is 0 Å². The summed E-state index contributed by atoms with van der Waals surface area (Å²) in [6, 6.07) is 6.24. The van der Waals surface area contributed by atoms with E-state index in [1.807, 2.05) is 0 Å². The van der Waals surface area contributed by atoms with Gasteiger partial charge in [-0.3, -0.25) is 14.7 Å². The van der Waals surface area contributed by atoms with Crippen LogP contribution in [0.2, 0.25) is 10.0 Å². The SMILES string of the molecule is O=C1/C(=C/c2c(F)cccc2Cl)SC(=Nc2ccncc2Cl)N1C1CCCCC1. The lowest BCUT2D eigenvalue weighted by molar-refractivity contribution is -0.124. The van der Waals surface area contributed by atoms with Crippen LogP contribution in [0.4, 0.5) is 10.1 Å². The van der Waals surface area contributed by atoms with E-state index in [-0.39, 0.29) is 22.5 Å². The molecule has 2 heterocycles. The maximum Gasteiger partial charge on any atom is 0.267 e. The third-order valence-corrected chi connectivity index (χ3v) is 6.62. The molecule has 8 heteroatoms. The number of aromatic nitrogens is 1. The van der Waals surface area contributed by atoms with Gasteiger partial charge in [-0.2, -0.15) is 0 Å². The molecule has 2 aliphatic rings. The van der Waals surface area contributed by atoms with Crippen LogP contribution in [0.3, 0.4) is 0 Å². The van der Waals surface area contributed by atoms with Gasteiger partial charge in [0.2, 0.25) is 0 Å². The molecule has 150 valence electrons. The van der Waals surface area contributed by atoms with Crippen molar-refractivity contribution in [1.82, 2.24) is 9.88 Å². The fourth-order valence-electron chi connectivity index (χ4n) is 3.57. The minimum atomic E-state index is -0.467. The molecule has 4 rings (SSSR count). The Labute approximate surface area is 182 Å². The van der Waals surface area contributed by atoms with E-state index < -0.39 is 5.82 Å². The molecule has 0 radical (unpaired) electrons. The molecule has 2 fully saturated rings. The second-order valence-electron chi connectivity index (χ2n) is 6.93. The minimum absolute atomic E-state index is 0.0742. The lowest BCUT2D eigenvalue weighted by Gasteiger charge is -2.30. The molecule has 0 spiro atoms. The molecule has 1 saturated heterocycles. The Morgan fingerprint density at radius 1 is 1.17 bits per heavy atom. The molecular formula is C21H18Cl2FN3OS. The molecule has 29 heavy (non-hydrogen) atoms. The van der Waals surface area contributed by atoms with Crippen LogP contribution in [0.5, 0.6) is 0 Å². The molecule has 0 N–H and O–H groups in total. The highest BCUT2D eigenvalue weighted by atomic mass is 35.5. The summed E-state index contributed by atoms with van der Waals surface area (Å²) < 4.78 is 14.3. The van der Waals surface area contributed by atoms with Gasteiger partial charge in [0.15, 0.2) is 5.17 Å². The largest absolute Gasteiger partial charge is 0.283 e. The fraction of sp³-hybridized carbons (Fsp3) is 0.286. The molecule has 1 aliphatic heterocycles. The van der Waals surface area contributed by atoms with Gasteiger partial charge in [-0.15, -0.1) is 0 Å². The molecule has 1 amide bonds. The highest BCUT2D eigenvalue weighted by Gasteiger charge is 2.39. The number of nitrogens with zero attached hydrogens (tertiary/aromatic N) is 3. The standard InChI is InChI=1S/C21H18Cl2FN3OS/c22-15-7-4-8-17(24)14(15)11-19-20(28)27(13-5-2-1-3-6-13)21(29-19)26-18-9-10-25-12-16(18)23/h4,7-13H,1-3,5-6H2/b19-11-,26-21?. The average Bonchev–Trinajstić information content (AvgIpc) is 3.02. The van der Waals surface area contributed by atoms with Crippen LogP contribution < -0.4 is 0 Å². The van der Waals surface area contributed by atoms with Gasteiger partial charge >= 0.3 is 0 Å². The minimum Gasteiger partial charge on any atom is -0.283 e. The van der Waals surface area contributed by atoms with Gasteiger partial charge in [-0.1, -0.05) is 48.5 Å². The second-order valence-corrected chi connectivity index (χ2v) is 8.76. The lowest BCUT2D eigenvalue weighted by atomic mass is 9.94. The van der Waals surface area contributed by atoms with E-state index in [0.29, 0.717) is 20.8 Å². The van der Waals surface area contributed by atoms with E-state index in [1.54, 1.807) is 23.2 Å². The van der Waals surface area contributed by atoms with Crippen LogP contribution in [0.25, 0.3) is 6.08 Å². The average molecular weight is 450 g/mol. The van der Waals surface area contributed by atoms with Crippen molar-refractivity contribution < 1.29 is 9.18 Å². The normalized spacial score (nSPS) is 20.8. The first-order valence-electron chi connectivity index (χ1n) is 9.40. The molecule has 4 nitrogen and oxygen atoms in total. The van der Waals surface area contributed by atoms with Crippen LogP contribution in [-0.2, 0) is 4.79 Å². The molecule has 0 unspecified atom stereocenters. The number of halogens is 3. The zero-order chi connectivity index (χ0) is 20.4. The first-order valence-corrected chi connectivity index (χ1v) is 11.0. The Hall–Kier alpha value is -1.89. The number of thioether (sulfide) groups is 1. The van der Waals surface area contributed by atoms with E-state index in [2.05, 4.69) is 9.98 Å². The van der Waals surface area contributed by atoms with Crippen LogP contribution in [0.15, 0.2) is 46.6 Å². The number of carbonyl (C=O) groups excluding carboxylic acids is 1. The Morgan fingerprint density at radius 3 is 2.69 bits per heavy atom. The number of hydrogen-bond acceptors (Lipinski definition) is 4. The van der Waals surface area contributed by atoms with Crippen molar-refractivity contribution in [2.75, 3.05) is 0 Å². The van der Waals surface area contributed by atoms with Gasteiger partial charge in [0.05, 0.1) is 20.6 Å². The van der Waals surface area contributed by atoms with Gasteiger partial charge in [0.1, 0.15) is 5.82 Å². The molecule has 1 aliphatic carbocycles. The molecule has 1 aromatic heterocycles. The molecular weight excluding hydrogens is 432 g/mol. The number of rotatable bonds is 3. The Bertz CT molecular complexity index is 985. The van der Waals surface area contributed by atoms with Crippen molar-refractivity contribution in [3.8, 4) is 0 Å². The predicted molar refractivity (Wildman–Crippen MR) is 117 cm³/mol. The van der Waals surface area contributed by atoms with Gasteiger partial charge in [-0.05, 0) is 48.9 Å². The van der Waals surface area contributed by atoms with Crippen LogP contribution in [0, 0.1) is 5.82 Å². The summed E-state index contributed by atoms with van der Waals surface area (Å²) >= 11 is 13.6. The number of amidine groups is 1. The number of pyridine rings is 1. The highest BCUT2D eigenvalue weighted by Crippen LogP contribution is 2.40. The van der Waals surface area contributed by atoms with E-state index in [9.17, 15) is 9.18 Å². The van der Waals surface area contributed by atoms with Crippen LogP contribution in [0.1, 0.15) is 37.7 Å². The van der Waals surface area contributed by atoms with E-state index >= 15 is 0 Å². The fourth-order valence-corrected chi connectivity index (χ4v) is 4.98. The maximum absolute atomic E-state index is 14.3. The molecule has 1 saturated carbocycles. The third-order valence-electron chi connectivity index (χ3n) is 5.02. The van der Waals surface area contributed by atoms with E-state index in [0.717, 1.165) is 25.7 Å².